The normalized spacial score (nSPS) is 76.5. The second kappa shape index (κ2) is 1.18. The Morgan fingerprint density at radius 3 is 2.30 bits per heavy atom. The molecule has 0 aliphatic heterocycles. The Kier molecular flexibility index (Phi) is 0.658. The van der Waals surface area contributed by atoms with Crippen molar-refractivity contribution in [2.45, 2.75) is 26.4 Å². The number of rotatable bonds is 0. The Morgan fingerprint density at radius 2 is 2.20 bits per heavy atom. The summed E-state index contributed by atoms with van der Waals surface area (Å²) in [6, 6.07) is 0. The Balaban J connectivity index is 2.11. The molecule has 0 aromatic heterocycles. The third-order valence-electron chi connectivity index (χ3n) is 4.80. The number of hydrogen-bond donors (Lipinski definition) is 1. The lowest BCUT2D eigenvalue weighted by Crippen LogP contribution is -2.14. The van der Waals surface area contributed by atoms with Gasteiger partial charge >= 0.3 is 0 Å². The van der Waals surface area contributed by atoms with Gasteiger partial charge in [0.25, 0.3) is 0 Å². The maximum atomic E-state index is 9.69. The molecular weight excluding hydrogens is 124 g/mol. The zero-order chi connectivity index (χ0) is 7.09. The quantitative estimate of drug-likeness (QED) is 0.534. The standard InChI is InChI=1S/C9H14O/c1-4-5-3-6-7(8(5)10)9(4,6)2/h4-8,10H,3H2,1-2H3/t4-,5-,6?,7-,8-,9-/m1/s1. The second-order valence-electron chi connectivity index (χ2n) is 4.68. The molecule has 4 rings (SSSR count). The van der Waals surface area contributed by atoms with E-state index in [-0.39, 0.29) is 6.10 Å². The summed E-state index contributed by atoms with van der Waals surface area (Å²) in [6.07, 6.45) is 1.40. The van der Waals surface area contributed by atoms with Crippen molar-refractivity contribution in [3.63, 3.8) is 0 Å². The van der Waals surface area contributed by atoms with Gasteiger partial charge in [0, 0.05) is 0 Å². The van der Waals surface area contributed by atoms with Gasteiger partial charge in [-0.1, -0.05) is 13.8 Å². The summed E-state index contributed by atoms with van der Waals surface area (Å²) in [5, 5.41) is 9.69. The Bertz CT molecular complexity index is 193. The molecule has 0 radical (unpaired) electrons. The smallest absolute Gasteiger partial charge is 0.0607 e. The SMILES string of the molecule is C[C@@H]1[C@H]2CC3[C@H]([C@@H]2O)[C@@]31C. The molecule has 0 saturated heterocycles. The van der Waals surface area contributed by atoms with Crippen molar-refractivity contribution in [3.8, 4) is 0 Å². The molecule has 0 aromatic rings. The highest BCUT2D eigenvalue weighted by atomic mass is 16.3. The zero-order valence-electron chi connectivity index (χ0n) is 6.54. The van der Waals surface area contributed by atoms with E-state index in [1.807, 2.05) is 0 Å². The van der Waals surface area contributed by atoms with E-state index in [1.165, 1.54) is 6.42 Å². The van der Waals surface area contributed by atoms with E-state index in [0.29, 0.717) is 17.3 Å². The molecule has 10 heavy (non-hydrogen) atoms. The number of hydrogen-bond acceptors (Lipinski definition) is 1. The average Bonchev–Trinajstić information content (AvgIpc) is 2.16. The van der Waals surface area contributed by atoms with Crippen molar-refractivity contribution in [2.24, 2.45) is 29.1 Å². The molecule has 4 aliphatic rings. The third kappa shape index (κ3) is 0.298. The van der Waals surface area contributed by atoms with E-state index < -0.39 is 0 Å². The number of aliphatic hydroxyl groups is 1. The van der Waals surface area contributed by atoms with Gasteiger partial charge < -0.3 is 5.11 Å². The predicted octanol–water partition coefficient (Wildman–Crippen LogP) is 1.27. The Morgan fingerprint density at radius 1 is 1.50 bits per heavy atom. The van der Waals surface area contributed by atoms with Crippen LogP contribution >= 0.6 is 0 Å². The molecule has 4 bridgehead atoms. The molecule has 4 fully saturated rings. The van der Waals surface area contributed by atoms with Crippen molar-refractivity contribution < 1.29 is 5.11 Å². The van der Waals surface area contributed by atoms with E-state index in [0.717, 1.165) is 11.8 Å². The lowest BCUT2D eigenvalue weighted by molar-refractivity contribution is 0.124. The first-order valence-electron chi connectivity index (χ1n) is 4.35. The molecule has 0 aromatic carbocycles. The summed E-state index contributed by atoms with van der Waals surface area (Å²) < 4.78 is 0. The van der Waals surface area contributed by atoms with Crippen molar-refractivity contribution in [1.29, 1.82) is 0 Å². The molecule has 4 aliphatic carbocycles. The van der Waals surface area contributed by atoms with Gasteiger partial charge in [0.2, 0.25) is 0 Å². The fourth-order valence-corrected chi connectivity index (χ4v) is 3.97. The van der Waals surface area contributed by atoms with Crippen molar-refractivity contribution >= 4 is 0 Å². The monoisotopic (exact) mass is 138 g/mol. The maximum absolute atomic E-state index is 9.69. The van der Waals surface area contributed by atoms with Crippen LogP contribution in [-0.4, -0.2) is 11.2 Å². The number of aliphatic hydroxyl groups excluding tert-OH is 1. The summed E-state index contributed by atoms with van der Waals surface area (Å²) in [5.74, 6) is 3.08. The van der Waals surface area contributed by atoms with Gasteiger partial charge in [-0.3, -0.25) is 0 Å². The van der Waals surface area contributed by atoms with Gasteiger partial charge in [0.1, 0.15) is 0 Å². The molecule has 1 heteroatoms. The van der Waals surface area contributed by atoms with E-state index >= 15 is 0 Å². The van der Waals surface area contributed by atoms with Crippen LogP contribution < -0.4 is 0 Å². The van der Waals surface area contributed by atoms with E-state index in [1.54, 1.807) is 0 Å². The third-order valence-corrected chi connectivity index (χ3v) is 4.80. The minimum absolute atomic E-state index is 0.0741. The van der Waals surface area contributed by atoms with Gasteiger partial charge in [-0.2, -0.15) is 0 Å². The van der Waals surface area contributed by atoms with Crippen LogP contribution in [0.1, 0.15) is 20.3 Å². The molecule has 6 atom stereocenters. The van der Waals surface area contributed by atoms with Crippen LogP contribution in [0.25, 0.3) is 0 Å². The predicted molar refractivity (Wildman–Crippen MR) is 38.4 cm³/mol. The summed E-state index contributed by atoms with van der Waals surface area (Å²) >= 11 is 0. The van der Waals surface area contributed by atoms with Crippen LogP contribution in [0.3, 0.4) is 0 Å². The Hall–Kier alpha value is -0.0400. The Labute approximate surface area is 61.4 Å². The van der Waals surface area contributed by atoms with E-state index in [9.17, 15) is 5.11 Å². The van der Waals surface area contributed by atoms with Crippen LogP contribution in [0.5, 0.6) is 0 Å². The minimum Gasteiger partial charge on any atom is -0.393 e. The van der Waals surface area contributed by atoms with E-state index in [4.69, 9.17) is 0 Å². The molecule has 1 nitrogen and oxygen atoms in total. The van der Waals surface area contributed by atoms with Crippen LogP contribution in [-0.2, 0) is 0 Å². The van der Waals surface area contributed by atoms with E-state index in [2.05, 4.69) is 13.8 Å². The lowest BCUT2D eigenvalue weighted by atomic mass is 9.93. The van der Waals surface area contributed by atoms with Gasteiger partial charge in [-0.15, -0.1) is 0 Å². The van der Waals surface area contributed by atoms with Crippen molar-refractivity contribution in [3.05, 3.63) is 0 Å². The summed E-state index contributed by atoms with van der Waals surface area (Å²) in [6.45, 7) is 4.68. The largest absolute Gasteiger partial charge is 0.393 e. The molecule has 0 amide bonds. The first-order chi connectivity index (χ1) is 4.67. The van der Waals surface area contributed by atoms with Gasteiger partial charge in [-0.25, -0.2) is 0 Å². The fraction of sp³-hybridized carbons (Fsp3) is 1.00. The van der Waals surface area contributed by atoms with Gasteiger partial charge in [0.05, 0.1) is 6.10 Å². The topological polar surface area (TPSA) is 20.2 Å². The summed E-state index contributed by atoms with van der Waals surface area (Å²) in [4.78, 5) is 0. The lowest BCUT2D eigenvalue weighted by Gasteiger charge is -2.13. The highest BCUT2D eigenvalue weighted by Gasteiger charge is 2.79. The maximum Gasteiger partial charge on any atom is 0.0607 e. The molecule has 0 spiro atoms. The van der Waals surface area contributed by atoms with Gasteiger partial charge in [0.15, 0.2) is 0 Å². The van der Waals surface area contributed by atoms with Crippen molar-refractivity contribution in [2.75, 3.05) is 0 Å². The molecule has 0 heterocycles. The highest BCUT2D eigenvalue weighted by Crippen LogP contribution is 2.81. The molecule has 1 N–H and O–H groups in total. The van der Waals surface area contributed by atoms with Crippen LogP contribution in [0.2, 0.25) is 0 Å². The first-order valence-corrected chi connectivity index (χ1v) is 4.35. The van der Waals surface area contributed by atoms with Crippen LogP contribution in [0.4, 0.5) is 0 Å². The second-order valence-corrected chi connectivity index (χ2v) is 4.68. The molecule has 1 unspecified atom stereocenters. The summed E-state index contributed by atoms with van der Waals surface area (Å²) in [5.41, 5.74) is 0.573. The molecule has 56 valence electrons. The first kappa shape index (κ1) is 5.59. The summed E-state index contributed by atoms with van der Waals surface area (Å²) in [7, 11) is 0. The average molecular weight is 138 g/mol. The fourth-order valence-electron chi connectivity index (χ4n) is 3.97. The van der Waals surface area contributed by atoms with Crippen molar-refractivity contribution in [1.82, 2.24) is 0 Å². The highest BCUT2D eigenvalue weighted by molar-refractivity contribution is 5.27. The zero-order valence-corrected chi connectivity index (χ0v) is 6.54. The molecular formula is C9H14O. The molecule has 4 saturated carbocycles. The minimum atomic E-state index is 0.0741. The van der Waals surface area contributed by atoms with Crippen LogP contribution in [0.15, 0.2) is 0 Å². The van der Waals surface area contributed by atoms with Gasteiger partial charge in [-0.05, 0) is 35.5 Å². The van der Waals surface area contributed by atoms with Crippen LogP contribution in [0, 0.1) is 29.1 Å².